The second-order valence-corrected chi connectivity index (χ2v) is 7.37. The number of hydrogen-bond donors (Lipinski definition) is 1. The first-order valence-corrected chi connectivity index (χ1v) is 9.26. The highest BCUT2D eigenvalue weighted by Gasteiger charge is 2.12. The molecule has 0 aliphatic rings. The first-order valence-electron chi connectivity index (χ1n) is 8.07. The zero-order chi connectivity index (χ0) is 19.4. The molecule has 0 saturated carbocycles. The molecule has 8 nitrogen and oxygen atoms in total. The summed E-state index contributed by atoms with van der Waals surface area (Å²) >= 11 is 7.71. The van der Waals surface area contributed by atoms with Crippen molar-refractivity contribution in [3.63, 3.8) is 0 Å². The van der Waals surface area contributed by atoms with Crippen LogP contribution in [0.25, 0.3) is 0 Å². The van der Waals surface area contributed by atoms with Crippen molar-refractivity contribution in [3.8, 4) is 0 Å². The molecular weight excluding hydrogens is 390 g/mol. The van der Waals surface area contributed by atoms with Gasteiger partial charge in [-0.2, -0.15) is 0 Å². The molecule has 0 bridgehead atoms. The number of amides is 1. The summed E-state index contributed by atoms with van der Waals surface area (Å²) in [5.41, 5.74) is 2.03. The van der Waals surface area contributed by atoms with Crippen LogP contribution in [0.5, 0.6) is 0 Å². The van der Waals surface area contributed by atoms with Gasteiger partial charge in [0.1, 0.15) is 6.20 Å². The lowest BCUT2D eigenvalue weighted by molar-refractivity contribution is -0.389. The topological polar surface area (TPSA) is 103 Å². The summed E-state index contributed by atoms with van der Waals surface area (Å²) in [5.74, 6) is -0.462. The lowest BCUT2D eigenvalue weighted by Gasteiger charge is -2.04. The number of carbonyl (C=O) groups is 1. The summed E-state index contributed by atoms with van der Waals surface area (Å²) in [6.45, 7) is 2.25. The largest absolute Gasteiger partial charge is 0.381 e. The van der Waals surface area contributed by atoms with E-state index >= 15 is 0 Å². The standard InChI is InChI=1S/C17H16ClN5O3S/c1-11-3-2-4-12(16(11)18)7-13-8-19-17(27-13)21-15(24)5-6-22-9-14(20-10-22)23(25)26/h2-4,8-10H,5-7H2,1H3,(H,19,21,24). The van der Waals surface area contributed by atoms with Crippen LogP contribution in [0.1, 0.15) is 22.4 Å². The van der Waals surface area contributed by atoms with Gasteiger partial charge in [-0.25, -0.2) is 4.98 Å². The van der Waals surface area contributed by atoms with Gasteiger partial charge in [-0.1, -0.05) is 29.8 Å². The third kappa shape index (κ3) is 4.89. The summed E-state index contributed by atoms with van der Waals surface area (Å²) < 4.78 is 1.50. The van der Waals surface area contributed by atoms with Gasteiger partial charge in [0, 0.05) is 35.5 Å². The lowest BCUT2D eigenvalue weighted by Crippen LogP contribution is -2.13. The summed E-state index contributed by atoms with van der Waals surface area (Å²) in [5, 5.41) is 14.6. The highest BCUT2D eigenvalue weighted by molar-refractivity contribution is 7.15. The number of hydrogen-bond acceptors (Lipinski definition) is 6. The fourth-order valence-electron chi connectivity index (χ4n) is 2.46. The zero-order valence-corrected chi connectivity index (χ0v) is 16.0. The van der Waals surface area contributed by atoms with Crippen molar-refractivity contribution in [2.24, 2.45) is 0 Å². The van der Waals surface area contributed by atoms with Gasteiger partial charge in [0.15, 0.2) is 5.13 Å². The van der Waals surface area contributed by atoms with Gasteiger partial charge in [0.2, 0.25) is 12.2 Å². The van der Waals surface area contributed by atoms with Crippen LogP contribution in [-0.2, 0) is 17.8 Å². The zero-order valence-electron chi connectivity index (χ0n) is 14.4. The second-order valence-electron chi connectivity index (χ2n) is 5.88. The third-order valence-corrected chi connectivity index (χ3v) is 5.29. The number of anilines is 1. The highest BCUT2D eigenvalue weighted by atomic mass is 35.5. The van der Waals surface area contributed by atoms with Crippen LogP contribution in [0.3, 0.4) is 0 Å². The van der Waals surface area contributed by atoms with Crippen LogP contribution in [0, 0.1) is 17.0 Å². The van der Waals surface area contributed by atoms with Crippen molar-refractivity contribution >= 4 is 39.8 Å². The number of thiazole rings is 1. The van der Waals surface area contributed by atoms with E-state index in [0.717, 1.165) is 21.0 Å². The van der Waals surface area contributed by atoms with Crippen LogP contribution in [0.2, 0.25) is 5.02 Å². The number of nitrogens with one attached hydrogen (secondary N) is 1. The number of carbonyl (C=O) groups excluding carboxylic acids is 1. The summed E-state index contributed by atoms with van der Waals surface area (Å²) in [6, 6.07) is 5.89. The molecule has 1 N–H and O–H groups in total. The molecule has 0 saturated heterocycles. The third-order valence-electron chi connectivity index (χ3n) is 3.84. The molecule has 2 heterocycles. The minimum Gasteiger partial charge on any atom is -0.358 e. The van der Waals surface area contributed by atoms with Crippen LogP contribution < -0.4 is 5.32 Å². The first kappa shape index (κ1) is 19.0. The smallest absolute Gasteiger partial charge is 0.358 e. The normalized spacial score (nSPS) is 10.7. The molecule has 27 heavy (non-hydrogen) atoms. The Hall–Kier alpha value is -2.78. The second kappa shape index (κ2) is 8.28. The van der Waals surface area contributed by atoms with Crippen LogP contribution in [0.4, 0.5) is 10.9 Å². The van der Waals surface area contributed by atoms with Crippen molar-refractivity contribution in [1.82, 2.24) is 14.5 Å². The summed E-state index contributed by atoms with van der Waals surface area (Å²) in [6.07, 6.45) is 5.15. The van der Waals surface area contributed by atoms with Crippen molar-refractivity contribution in [3.05, 3.63) is 68.1 Å². The number of aromatic nitrogens is 3. The predicted octanol–water partition coefficient (Wildman–Crippen LogP) is 3.83. The number of benzene rings is 1. The Morgan fingerprint density at radius 3 is 2.96 bits per heavy atom. The fourth-order valence-corrected chi connectivity index (χ4v) is 3.50. The highest BCUT2D eigenvalue weighted by Crippen LogP contribution is 2.26. The van der Waals surface area contributed by atoms with E-state index < -0.39 is 4.92 Å². The molecular formula is C17H16ClN5O3S. The average molecular weight is 406 g/mol. The van der Waals surface area contributed by atoms with E-state index in [9.17, 15) is 14.9 Å². The van der Waals surface area contributed by atoms with E-state index in [1.165, 1.54) is 28.4 Å². The summed E-state index contributed by atoms with van der Waals surface area (Å²) in [4.78, 5) is 30.9. The Bertz CT molecular complexity index is 985. The SMILES string of the molecule is Cc1cccc(Cc2cnc(NC(=O)CCn3cnc([N+](=O)[O-])c3)s2)c1Cl. The van der Waals surface area contributed by atoms with E-state index in [-0.39, 0.29) is 18.1 Å². The van der Waals surface area contributed by atoms with Crippen molar-refractivity contribution in [2.75, 3.05) is 5.32 Å². The average Bonchev–Trinajstić information content (AvgIpc) is 3.27. The molecule has 2 aromatic heterocycles. The predicted molar refractivity (Wildman–Crippen MR) is 103 cm³/mol. The first-order chi connectivity index (χ1) is 12.9. The van der Waals surface area contributed by atoms with Gasteiger partial charge in [-0.3, -0.25) is 4.79 Å². The number of aryl methyl sites for hydroxylation is 2. The van der Waals surface area contributed by atoms with Crippen molar-refractivity contribution in [1.29, 1.82) is 0 Å². The molecule has 0 unspecified atom stereocenters. The maximum Gasteiger partial charge on any atom is 0.381 e. The molecule has 0 atom stereocenters. The van der Waals surface area contributed by atoms with Gasteiger partial charge in [0.05, 0.1) is 0 Å². The molecule has 10 heteroatoms. The van der Waals surface area contributed by atoms with E-state index in [1.807, 2.05) is 25.1 Å². The van der Waals surface area contributed by atoms with Crippen LogP contribution >= 0.6 is 22.9 Å². The van der Waals surface area contributed by atoms with E-state index in [0.29, 0.717) is 18.1 Å². The van der Waals surface area contributed by atoms with Crippen LogP contribution in [0.15, 0.2) is 36.9 Å². The summed E-state index contributed by atoms with van der Waals surface area (Å²) in [7, 11) is 0. The Morgan fingerprint density at radius 1 is 1.41 bits per heavy atom. The Labute approximate surface area is 164 Å². The number of imidazole rings is 1. The molecule has 3 rings (SSSR count). The van der Waals surface area contributed by atoms with Gasteiger partial charge in [0.25, 0.3) is 0 Å². The van der Waals surface area contributed by atoms with E-state index in [4.69, 9.17) is 11.6 Å². The molecule has 3 aromatic rings. The fraction of sp³-hybridized carbons (Fsp3) is 0.235. The minimum absolute atomic E-state index is 0.159. The maximum absolute atomic E-state index is 12.1. The van der Waals surface area contributed by atoms with Gasteiger partial charge in [-0.15, -0.1) is 11.3 Å². The Morgan fingerprint density at radius 2 is 2.22 bits per heavy atom. The molecule has 0 radical (unpaired) electrons. The number of halogens is 1. The number of nitrogens with zero attached hydrogens (tertiary/aromatic N) is 4. The molecule has 0 spiro atoms. The van der Waals surface area contributed by atoms with Gasteiger partial charge in [-0.05, 0) is 28.0 Å². The quantitative estimate of drug-likeness (QED) is 0.475. The molecule has 0 aliphatic heterocycles. The molecule has 1 aromatic carbocycles. The molecule has 0 aliphatic carbocycles. The molecule has 140 valence electrons. The lowest BCUT2D eigenvalue weighted by atomic mass is 10.1. The molecule has 1 amide bonds. The van der Waals surface area contributed by atoms with Gasteiger partial charge < -0.3 is 20.0 Å². The van der Waals surface area contributed by atoms with Crippen LogP contribution in [-0.4, -0.2) is 25.4 Å². The van der Waals surface area contributed by atoms with Gasteiger partial charge >= 0.3 is 5.82 Å². The van der Waals surface area contributed by atoms with Crippen molar-refractivity contribution in [2.45, 2.75) is 26.3 Å². The minimum atomic E-state index is -0.575. The number of nitro groups is 1. The number of rotatable bonds is 7. The Balaban J connectivity index is 1.54. The maximum atomic E-state index is 12.1. The monoisotopic (exact) mass is 405 g/mol. The van der Waals surface area contributed by atoms with E-state index in [1.54, 1.807) is 6.20 Å². The molecule has 0 fully saturated rings. The van der Waals surface area contributed by atoms with E-state index in [2.05, 4.69) is 15.3 Å². The van der Waals surface area contributed by atoms with Crippen molar-refractivity contribution < 1.29 is 9.72 Å². The Kier molecular flexibility index (Phi) is 5.82.